The van der Waals surface area contributed by atoms with Crippen molar-refractivity contribution in [1.82, 2.24) is 15.1 Å². The lowest BCUT2D eigenvalue weighted by Crippen LogP contribution is -2.57. The number of carboxylic acids is 1. The van der Waals surface area contributed by atoms with Crippen LogP contribution in [-0.4, -0.2) is 81.8 Å². The minimum Gasteiger partial charge on any atom is -0.480 e. The van der Waals surface area contributed by atoms with Gasteiger partial charge in [0.1, 0.15) is 18.1 Å². The van der Waals surface area contributed by atoms with Gasteiger partial charge in [-0.05, 0) is 37.7 Å². The summed E-state index contributed by atoms with van der Waals surface area (Å²) >= 11 is 0. The number of carbonyl (C=O) groups is 5. The van der Waals surface area contributed by atoms with E-state index in [1.807, 2.05) is 30.3 Å². The van der Waals surface area contributed by atoms with E-state index in [9.17, 15) is 29.1 Å². The predicted octanol–water partition coefficient (Wildman–Crippen LogP) is -1.02. The van der Waals surface area contributed by atoms with Crippen LogP contribution >= 0.6 is 0 Å². The van der Waals surface area contributed by atoms with Crippen LogP contribution in [0.3, 0.4) is 0 Å². The molecule has 184 valence electrons. The first kappa shape index (κ1) is 25.2. The molecule has 0 saturated carbocycles. The zero-order valence-electron chi connectivity index (χ0n) is 18.9. The lowest BCUT2D eigenvalue weighted by atomic mass is 10.0. The molecule has 11 nitrogen and oxygen atoms in total. The molecule has 1 aromatic rings. The molecule has 0 aliphatic carbocycles. The first-order valence-electron chi connectivity index (χ1n) is 11.4. The number of amides is 4. The monoisotopic (exact) mass is 473 g/mol. The second-order valence-electron chi connectivity index (χ2n) is 8.75. The maximum absolute atomic E-state index is 13.3. The highest BCUT2D eigenvalue weighted by molar-refractivity contribution is 5.96. The molecule has 0 radical (unpaired) electrons. The Morgan fingerprint density at radius 1 is 1.00 bits per heavy atom. The van der Waals surface area contributed by atoms with E-state index in [0.717, 1.165) is 5.56 Å². The molecule has 4 atom stereocenters. The van der Waals surface area contributed by atoms with Crippen molar-refractivity contribution in [2.75, 3.05) is 13.1 Å². The average molecular weight is 474 g/mol. The van der Waals surface area contributed by atoms with Crippen LogP contribution < -0.4 is 16.8 Å². The van der Waals surface area contributed by atoms with Crippen LogP contribution in [0.15, 0.2) is 30.3 Å². The smallest absolute Gasteiger partial charge is 0.326 e. The molecule has 0 bridgehead atoms. The molecule has 4 unspecified atom stereocenters. The van der Waals surface area contributed by atoms with Crippen molar-refractivity contribution in [3.8, 4) is 0 Å². The fraction of sp³-hybridized carbons (Fsp3) is 0.522. The summed E-state index contributed by atoms with van der Waals surface area (Å²) in [4.78, 5) is 64.9. The molecule has 6 N–H and O–H groups in total. The van der Waals surface area contributed by atoms with Crippen LogP contribution in [0.25, 0.3) is 0 Å². The first-order chi connectivity index (χ1) is 16.2. The summed E-state index contributed by atoms with van der Waals surface area (Å²) in [5.74, 6) is -3.52. The average Bonchev–Trinajstić information content (AvgIpc) is 3.48. The molecular formula is C23H31N5O6. The predicted molar refractivity (Wildman–Crippen MR) is 121 cm³/mol. The normalized spacial score (nSPS) is 21.7. The largest absolute Gasteiger partial charge is 0.480 e. The molecule has 3 rings (SSSR count). The van der Waals surface area contributed by atoms with Gasteiger partial charge in [-0.3, -0.25) is 19.2 Å². The van der Waals surface area contributed by atoms with E-state index >= 15 is 0 Å². The summed E-state index contributed by atoms with van der Waals surface area (Å²) < 4.78 is 0. The zero-order valence-corrected chi connectivity index (χ0v) is 18.9. The van der Waals surface area contributed by atoms with E-state index in [1.54, 1.807) is 0 Å². The van der Waals surface area contributed by atoms with Crippen molar-refractivity contribution in [3.63, 3.8) is 0 Å². The molecule has 2 heterocycles. The first-order valence-corrected chi connectivity index (χ1v) is 11.4. The second-order valence-corrected chi connectivity index (χ2v) is 8.75. The van der Waals surface area contributed by atoms with Gasteiger partial charge in [0.05, 0.1) is 12.5 Å². The fourth-order valence-corrected chi connectivity index (χ4v) is 4.61. The van der Waals surface area contributed by atoms with Gasteiger partial charge in [0.2, 0.25) is 23.6 Å². The highest BCUT2D eigenvalue weighted by Crippen LogP contribution is 2.25. The number of hydrogen-bond donors (Lipinski definition) is 4. The molecule has 4 amide bonds. The number of nitrogens with one attached hydrogen (secondary N) is 1. The minimum atomic E-state index is -1.27. The fourth-order valence-electron chi connectivity index (χ4n) is 4.61. The van der Waals surface area contributed by atoms with Gasteiger partial charge in [-0.1, -0.05) is 30.3 Å². The van der Waals surface area contributed by atoms with Crippen molar-refractivity contribution < 1.29 is 29.1 Å². The third kappa shape index (κ3) is 5.90. The number of aliphatic carboxylic acids is 1. The summed E-state index contributed by atoms with van der Waals surface area (Å²) in [6.07, 6.45) is 1.64. The number of carboxylic acid groups (broad SMARTS) is 1. The molecule has 34 heavy (non-hydrogen) atoms. The second kappa shape index (κ2) is 11.1. The SMILES string of the molecule is NC(=O)CC(NC(=O)C(N)Cc1ccccc1)C(=O)N1CCCC1C(=O)N1CCCC1C(=O)O. The number of hydrogen-bond acceptors (Lipinski definition) is 6. The third-order valence-corrected chi connectivity index (χ3v) is 6.30. The minimum absolute atomic E-state index is 0.237. The van der Waals surface area contributed by atoms with Gasteiger partial charge < -0.3 is 31.7 Å². The number of nitrogens with two attached hydrogens (primary N) is 2. The van der Waals surface area contributed by atoms with Gasteiger partial charge in [0.15, 0.2) is 0 Å². The zero-order chi connectivity index (χ0) is 24.8. The van der Waals surface area contributed by atoms with E-state index in [0.29, 0.717) is 32.2 Å². The Hall–Kier alpha value is -3.47. The molecule has 2 saturated heterocycles. The standard InChI is InChI=1S/C23H31N5O6/c24-15(12-14-6-2-1-3-7-14)20(30)26-16(13-19(25)29)21(31)27-10-4-8-17(27)22(32)28-11-5-9-18(28)23(33)34/h1-3,6-7,15-18H,4-5,8-13,24H2,(H2,25,29)(H,26,30)(H,33,34). The molecule has 0 aromatic heterocycles. The summed E-state index contributed by atoms with van der Waals surface area (Å²) in [6.45, 7) is 0.562. The van der Waals surface area contributed by atoms with Gasteiger partial charge in [-0.15, -0.1) is 0 Å². The number of nitrogens with zero attached hydrogens (tertiary/aromatic N) is 2. The van der Waals surface area contributed by atoms with E-state index in [-0.39, 0.29) is 13.0 Å². The maximum Gasteiger partial charge on any atom is 0.326 e. The lowest BCUT2D eigenvalue weighted by Gasteiger charge is -2.32. The Bertz CT molecular complexity index is 939. The van der Waals surface area contributed by atoms with Crippen LogP contribution in [-0.2, 0) is 30.4 Å². The Morgan fingerprint density at radius 3 is 2.24 bits per heavy atom. The summed E-state index contributed by atoms with van der Waals surface area (Å²) in [5, 5.41) is 11.9. The molecule has 1 aromatic carbocycles. The molecule has 2 aliphatic heterocycles. The van der Waals surface area contributed by atoms with Gasteiger partial charge in [-0.2, -0.15) is 0 Å². The molecule has 2 aliphatic rings. The van der Waals surface area contributed by atoms with Crippen molar-refractivity contribution in [1.29, 1.82) is 0 Å². The van der Waals surface area contributed by atoms with Crippen LogP contribution in [0.2, 0.25) is 0 Å². The number of carbonyl (C=O) groups excluding carboxylic acids is 4. The molecular weight excluding hydrogens is 442 g/mol. The Labute approximate surface area is 197 Å². The van der Waals surface area contributed by atoms with Gasteiger partial charge in [-0.25, -0.2) is 4.79 Å². The van der Waals surface area contributed by atoms with Crippen LogP contribution in [0.4, 0.5) is 0 Å². The summed E-state index contributed by atoms with van der Waals surface area (Å²) in [6, 6.07) is 5.13. The molecule has 0 spiro atoms. The Balaban J connectivity index is 1.70. The molecule has 11 heteroatoms. The van der Waals surface area contributed by atoms with Crippen molar-refractivity contribution in [3.05, 3.63) is 35.9 Å². The lowest BCUT2D eigenvalue weighted by molar-refractivity contribution is -0.152. The number of likely N-dealkylation sites (tertiary alicyclic amines) is 2. The van der Waals surface area contributed by atoms with Crippen LogP contribution in [0.5, 0.6) is 0 Å². The van der Waals surface area contributed by atoms with E-state index < -0.39 is 60.2 Å². The number of primary amides is 1. The molecule has 2 fully saturated rings. The van der Waals surface area contributed by atoms with Crippen molar-refractivity contribution in [2.45, 2.75) is 62.7 Å². The van der Waals surface area contributed by atoms with Gasteiger partial charge in [0.25, 0.3) is 0 Å². The summed E-state index contributed by atoms with van der Waals surface area (Å²) in [5.41, 5.74) is 12.2. The Morgan fingerprint density at radius 2 is 1.62 bits per heavy atom. The van der Waals surface area contributed by atoms with Gasteiger partial charge in [0, 0.05) is 13.1 Å². The Kier molecular flexibility index (Phi) is 8.21. The highest BCUT2D eigenvalue weighted by Gasteiger charge is 2.43. The van der Waals surface area contributed by atoms with E-state index in [4.69, 9.17) is 11.5 Å². The third-order valence-electron chi connectivity index (χ3n) is 6.30. The number of benzene rings is 1. The van der Waals surface area contributed by atoms with E-state index in [1.165, 1.54) is 9.80 Å². The van der Waals surface area contributed by atoms with Crippen molar-refractivity contribution in [2.24, 2.45) is 11.5 Å². The topological polar surface area (TPSA) is 176 Å². The number of rotatable bonds is 9. The van der Waals surface area contributed by atoms with Crippen LogP contribution in [0.1, 0.15) is 37.7 Å². The summed E-state index contributed by atoms with van der Waals surface area (Å²) in [7, 11) is 0. The highest BCUT2D eigenvalue weighted by atomic mass is 16.4. The van der Waals surface area contributed by atoms with Gasteiger partial charge >= 0.3 is 5.97 Å². The quantitative estimate of drug-likeness (QED) is 0.355. The van der Waals surface area contributed by atoms with Crippen molar-refractivity contribution >= 4 is 29.6 Å². The van der Waals surface area contributed by atoms with E-state index in [2.05, 4.69) is 5.32 Å². The maximum atomic E-state index is 13.3. The van der Waals surface area contributed by atoms with Crippen LogP contribution in [0, 0.1) is 0 Å².